The molecule has 1 heterocycles. The van der Waals surface area contributed by atoms with Crippen molar-refractivity contribution in [3.05, 3.63) is 47.8 Å². The molecule has 2 aliphatic rings. The molecule has 0 spiro atoms. The van der Waals surface area contributed by atoms with E-state index in [0.717, 1.165) is 24.2 Å². The molecule has 4 nitrogen and oxygen atoms in total. The van der Waals surface area contributed by atoms with Gasteiger partial charge in [0.15, 0.2) is 0 Å². The molecule has 0 fully saturated rings. The number of likely N-dealkylation sites (N-methyl/N-ethyl adjacent to an activating group) is 1. The number of allylic oxidation sites excluding steroid dienone is 1. The second kappa shape index (κ2) is 6.17. The Labute approximate surface area is 146 Å². The highest BCUT2D eigenvalue weighted by Gasteiger charge is 2.38. The number of benzene rings is 1. The molecule has 4 heteroatoms. The van der Waals surface area contributed by atoms with Crippen molar-refractivity contribution in [1.82, 2.24) is 10.4 Å². The van der Waals surface area contributed by atoms with Gasteiger partial charge >= 0.3 is 0 Å². The Hall–Kier alpha value is -1.94. The van der Waals surface area contributed by atoms with Crippen LogP contribution in [0.25, 0.3) is 0 Å². The molecular formula is C20H30N4. The highest BCUT2D eigenvalue weighted by Crippen LogP contribution is 2.43. The van der Waals surface area contributed by atoms with E-state index in [9.17, 15) is 0 Å². The van der Waals surface area contributed by atoms with Crippen LogP contribution in [0.2, 0.25) is 0 Å². The number of hydrogen-bond acceptors (Lipinski definition) is 4. The highest BCUT2D eigenvalue weighted by molar-refractivity contribution is 5.60. The fourth-order valence-electron chi connectivity index (χ4n) is 3.79. The lowest BCUT2D eigenvalue weighted by Gasteiger charge is -2.31. The van der Waals surface area contributed by atoms with Crippen molar-refractivity contribution < 1.29 is 0 Å². The minimum atomic E-state index is 0.221. The fourth-order valence-corrected chi connectivity index (χ4v) is 3.79. The number of rotatable bonds is 4. The third-order valence-corrected chi connectivity index (χ3v) is 5.14. The Morgan fingerprint density at radius 1 is 1.38 bits per heavy atom. The average molecular weight is 326 g/mol. The van der Waals surface area contributed by atoms with E-state index in [1.165, 1.54) is 23.4 Å². The number of nitrogens with one attached hydrogen (secondary N) is 2. The first-order valence-corrected chi connectivity index (χ1v) is 8.71. The monoisotopic (exact) mass is 326 g/mol. The summed E-state index contributed by atoms with van der Waals surface area (Å²) in [5.74, 6) is 0. The SMILES string of the molecule is C=C(Nc1cccc(N(C)C)c1)C1C2=C(CC(C)(C)CC2)NN1C. The predicted octanol–water partition coefficient (Wildman–Crippen LogP) is 3.96. The first-order chi connectivity index (χ1) is 11.3. The topological polar surface area (TPSA) is 30.5 Å². The zero-order chi connectivity index (χ0) is 17.5. The average Bonchev–Trinajstić information content (AvgIpc) is 2.81. The smallest absolute Gasteiger partial charge is 0.0910 e. The van der Waals surface area contributed by atoms with Gasteiger partial charge in [-0.25, -0.2) is 5.01 Å². The van der Waals surface area contributed by atoms with Crippen LogP contribution < -0.4 is 15.6 Å². The van der Waals surface area contributed by atoms with Gasteiger partial charge in [-0.15, -0.1) is 0 Å². The van der Waals surface area contributed by atoms with Crippen LogP contribution in [-0.4, -0.2) is 32.2 Å². The van der Waals surface area contributed by atoms with Gasteiger partial charge < -0.3 is 15.6 Å². The largest absolute Gasteiger partial charge is 0.378 e. The van der Waals surface area contributed by atoms with Gasteiger partial charge in [-0.3, -0.25) is 0 Å². The van der Waals surface area contributed by atoms with Crippen LogP contribution in [-0.2, 0) is 0 Å². The Morgan fingerprint density at radius 3 is 2.83 bits per heavy atom. The van der Waals surface area contributed by atoms with E-state index in [0.29, 0.717) is 5.41 Å². The molecule has 1 aliphatic heterocycles. The Balaban J connectivity index is 1.78. The predicted molar refractivity (Wildman–Crippen MR) is 103 cm³/mol. The zero-order valence-corrected chi connectivity index (χ0v) is 15.6. The van der Waals surface area contributed by atoms with E-state index < -0.39 is 0 Å². The molecule has 1 aliphatic carbocycles. The van der Waals surface area contributed by atoms with Gasteiger partial charge in [-0.1, -0.05) is 26.5 Å². The van der Waals surface area contributed by atoms with Crippen molar-refractivity contribution in [2.75, 3.05) is 31.4 Å². The molecule has 1 aromatic carbocycles. The lowest BCUT2D eigenvalue weighted by Crippen LogP contribution is -2.38. The van der Waals surface area contributed by atoms with E-state index in [1.54, 1.807) is 0 Å². The van der Waals surface area contributed by atoms with E-state index in [-0.39, 0.29) is 6.04 Å². The molecule has 0 saturated heterocycles. The molecule has 0 aromatic heterocycles. The second-order valence-corrected chi connectivity index (χ2v) is 8.07. The summed E-state index contributed by atoms with van der Waals surface area (Å²) < 4.78 is 0. The molecule has 0 bridgehead atoms. The third-order valence-electron chi connectivity index (χ3n) is 5.14. The number of anilines is 2. The third kappa shape index (κ3) is 3.29. The van der Waals surface area contributed by atoms with Crippen LogP contribution in [0.4, 0.5) is 11.4 Å². The summed E-state index contributed by atoms with van der Waals surface area (Å²) in [7, 11) is 6.23. The normalized spacial score (nSPS) is 22.8. The van der Waals surface area contributed by atoms with E-state index >= 15 is 0 Å². The lowest BCUT2D eigenvalue weighted by molar-refractivity contribution is 0.259. The Morgan fingerprint density at radius 2 is 2.12 bits per heavy atom. The summed E-state index contributed by atoms with van der Waals surface area (Å²) in [4.78, 5) is 2.11. The number of nitrogens with zero attached hydrogens (tertiary/aromatic N) is 2. The molecule has 0 amide bonds. The number of hydrogen-bond donors (Lipinski definition) is 2. The zero-order valence-electron chi connectivity index (χ0n) is 15.6. The van der Waals surface area contributed by atoms with Gasteiger partial charge in [0.25, 0.3) is 0 Å². The maximum Gasteiger partial charge on any atom is 0.0910 e. The summed E-state index contributed by atoms with van der Waals surface area (Å²) in [6, 6.07) is 8.67. The van der Waals surface area contributed by atoms with Crippen LogP contribution in [0.5, 0.6) is 0 Å². The summed E-state index contributed by atoms with van der Waals surface area (Å²) >= 11 is 0. The van der Waals surface area contributed by atoms with Crippen LogP contribution in [0.15, 0.2) is 47.8 Å². The fraction of sp³-hybridized carbons (Fsp3) is 0.500. The quantitative estimate of drug-likeness (QED) is 0.877. The van der Waals surface area contributed by atoms with Crippen molar-refractivity contribution in [2.24, 2.45) is 5.41 Å². The van der Waals surface area contributed by atoms with Crippen LogP contribution in [0.3, 0.4) is 0 Å². The molecule has 130 valence electrons. The van der Waals surface area contributed by atoms with Gasteiger partial charge in [-0.2, -0.15) is 0 Å². The molecule has 3 rings (SSSR count). The lowest BCUT2D eigenvalue weighted by atomic mass is 9.75. The van der Waals surface area contributed by atoms with Crippen LogP contribution in [0.1, 0.15) is 33.1 Å². The van der Waals surface area contributed by atoms with Crippen LogP contribution >= 0.6 is 0 Å². The van der Waals surface area contributed by atoms with Gasteiger partial charge in [0.05, 0.1) is 6.04 Å². The second-order valence-electron chi connectivity index (χ2n) is 8.07. The Bertz CT molecular complexity index is 672. The highest BCUT2D eigenvalue weighted by atomic mass is 15.5. The van der Waals surface area contributed by atoms with Crippen molar-refractivity contribution in [3.8, 4) is 0 Å². The van der Waals surface area contributed by atoms with E-state index in [1.807, 2.05) is 0 Å². The van der Waals surface area contributed by atoms with Crippen LogP contribution in [0, 0.1) is 5.41 Å². The minimum absolute atomic E-state index is 0.221. The number of hydrazine groups is 1. The standard InChI is InChI=1S/C20H30N4/c1-14(21-15-8-7-9-16(12-15)23(4)5)19-17-10-11-20(2,3)13-18(17)22-24(19)6/h7-9,12,19,21-22H,1,10-11,13H2,2-6H3. The molecule has 0 saturated carbocycles. The molecule has 1 aromatic rings. The maximum absolute atomic E-state index is 4.34. The summed E-state index contributed by atoms with van der Waals surface area (Å²) in [6.07, 6.45) is 3.50. The minimum Gasteiger partial charge on any atom is -0.378 e. The van der Waals surface area contributed by atoms with Gasteiger partial charge in [0.1, 0.15) is 0 Å². The Kier molecular flexibility index (Phi) is 4.35. The molecule has 0 radical (unpaired) electrons. The maximum atomic E-state index is 4.34. The van der Waals surface area contributed by atoms with Crippen molar-refractivity contribution in [3.63, 3.8) is 0 Å². The summed E-state index contributed by atoms with van der Waals surface area (Å²) in [5, 5.41) is 5.72. The van der Waals surface area contributed by atoms with Crippen molar-refractivity contribution >= 4 is 11.4 Å². The molecule has 1 atom stereocenters. The summed E-state index contributed by atoms with van der Waals surface area (Å²) in [5.41, 5.74) is 10.1. The molecular weight excluding hydrogens is 296 g/mol. The van der Waals surface area contributed by atoms with Gasteiger partial charge in [0, 0.05) is 43.9 Å². The summed E-state index contributed by atoms with van der Waals surface area (Å²) in [6.45, 7) is 9.05. The van der Waals surface area contributed by atoms with Crippen molar-refractivity contribution in [2.45, 2.75) is 39.2 Å². The van der Waals surface area contributed by atoms with Gasteiger partial charge in [0.2, 0.25) is 0 Å². The molecule has 1 unspecified atom stereocenters. The molecule has 24 heavy (non-hydrogen) atoms. The molecule has 2 N–H and O–H groups in total. The van der Waals surface area contributed by atoms with Gasteiger partial charge in [-0.05, 0) is 48.4 Å². The van der Waals surface area contributed by atoms with Crippen molar-refractivity contribution in [1.29, 1.82) is 0 Å². The first-order valence-electron chi connectivity index (χ1n) is 8.71. The first kappa shape index (κ1) is 16.9. The van der Waals surface area contributed by atoms with E-state index in [2.05, 4.69) is 86.5 Å². The van der Waals surface area contributed by atoms with E-state index in [4.69, 9.17) is 0 Å².